The summed E-state index contributed by atoms with van der Waals surface area (Å²) in [6.45, 7) is 2.71. The molecule has 27 heavy (non-hydrogen) atoms. The number of carbonyl (C=O) groups excluding carboxylic acids is 1. The molecule has 6 heteroatoms. The van der Waals surface area contributed by atoms with E-state index >= 15 is 0 Å². The van der Waals surface area contributed by atoms with E-state index in [1.54, 1.807) is 11.3 Å². The Balaban J connectivity index is 1.44. The van der Waals surface area contributed by atoms with Crippen molar-refractivity contribution in [2.45, 2.75) is 20.0 Å². The summed E-state index contributed by atoms with van der Waals surface area (Å²) < 4.78 is 1.96. The fourth-order valence-corrected chi connectivity index (χ4v) is 4.33. The van der Waals surface area contributed by atoms with Crippen LogP contribution in [-0.4, -0.2) is 15.5 Å². The molecular formula is C21H18ClN3OS. The lowest BCUT2D eigenvalue weighted by Gasteiger charge is -2.07. The van der Waals surface area contributed by atoms with Crippen LogP contribution < -0.4 is 5.32 Å². The van der Waals surface area contributed by atoms with Crippen LogP contribution in [0.15, 0.2) is 60.8 Å². The van der Waals surface area contributed by atoms with Crippen LogP contribution in [0.1, 0.15) is 10.6 Å². The molecule has 0 unspecified atom stereocenters. The summed E-state index contributed by atoms with van der Waals surface area (Å²) in [5, 5.41) is 5.69. The number of thiazole rings is 1. The molecule has 0 aliphatic carbocycles. The first-order valence-electron chi connectivity index (χ1n) is 8.63. The zero-order valence-corrected chi connectivity index (χ0v) is 16.3. The molecule has 0 aliphatic heterocycles. The van der Waals surface area contributed by atoms with Gasteiger partial charge in [0.15, 0.2) is 0 Å². The first-order chi connectivity index (χ1) is 13.1. The molecule has 4 aromatic rings. The Morgan fingerprint density at radius 2 is 1.93 bits per heavy atom. The van der Waals surface area contributed by atoms with Crippen molar-refractivity contribution in [2.24, 2.45) is 0 Å². The quantitative estimate of drug-likeness (QED) is 0.514. The van der Waals surface area contributed by atoms with Crippen molar-refractivity contribution in [1.82, 2.24) is 14.9 Å². The lowest BCUT2D eigenvalue weighted by atomic mass is 10.2. The van der Waals surface area contributed by atoms with Crippen LogP contribution in [0.2, 0.25) is 5.02 Å². The number of amides is 1. The van der Waals surface area contributed by atoms with E-state index in [0.29, 0.717) is 18.1 Å². The van der Waals surface area contributed by atoms with E-state index in [9.17, 15) is 4.79 Å². The van der Waals surface area contributed by atoms with Gasteiger partial charge in [-0.05, 0) is 30.5 Å². The molecule has 0 spiro atoms. The molecule has 1 N–H and O–H groups in total. The smallest absolute Gasteiger partial charge is 0.240 e. The van der Waals surface area contributed by atoms with Gasteiger partial charge < -0.3 is 9.88 Å². The number of halogens is 1. The number of para-hydroxylation sites is 1. The lowest BCUT2D eigenvalue weighted by Crippen LogP contribution is -2.26. The molecule has 2 heterocycles. The largest absolute Gasteiger partial charge is 0.350 e. The highest BCUT2D eigenvalue weighted by atomic mass is 35.5. The molecule has 2 aromatic heterocycles. The third-order valence-electron chi connectivity index (χ3n) is 4.44. The maximum atomic E-state index is 12.4. The van der Waals surface area contributed by atoms with Gasteiger partial charge in [-0.1, -0.05) is 48.0 Å². The first kappa shape index (κ1) is 17.8. The van der Waals surface area contributed by atoms with Crippen LogP contribution in [0, 0.1) is 6.92 Å². The van der Waals surface area contributed by atoms with E-state index in [1.807, 2.05) is 72.3 Å². The molecule has 4 nitrogen and oxygen atoms in total. The predicted molar refractivity (Wildman–Crippen MR) is 111 cm³/mol. The van der Waals surface area contributed by atoms with E-state index in [-0.39, 0.29) is 5.91 Å². The first-order valence-corrected chi connectivity index (χ1v) is 9.83. The Morgan fingerprint density at radius 1 is 1.15 bits per heavy atom. The highest BCUT2D eigenvalue weighted by Gasteiger charge is 2.13. The number of benzene rings is 2. The van der Waals surface area contributed by atoms with Crippen molar-refractivity contribution < 1.29 is 4.79 Å². The fourth-order valence-electron chi connectivity index (χ4n) is 3.01. The van der Waals surface area contributed by atoms with Crippen molar-refractivity contribution in [3.05, 3.63) is 76.4 Å². The maximum Gasteiger partial charge on any atom is 0.240 e. The molecule has 0 bridgehead atoms. The molecule has 0 aliphatic rings. The number of aromatic nitrogens is 2. The van der Waals surface area contributed by atoms with Gasteiger partial charge in [0, 0.05) is 22.2 Å². The number of aryl methyl sites for hydroxylation is 1. The lowest BCUT2D eigenvalue weighted by molar-refractivity contribution is -0.121. The summed E-state index contributed by atoms with van der Waals surface area (Å²) in [6.07, 6.45) is 1.94. The standard InChI is InChI=1S/C21H18ClN3OS/c1-14-19(27-21(24-14)16-7-3-4-8-17(16)22)12-23-20(26)13-25-11-10-15-6-2-5-9-18(15)25/h2-11H,12-13H2,1H3,(H,23,26). The molecular weight excluding hydrogens is 378 g/mol. The van der Waals surface area contributed by atoms with Crippen LogP contribution in [-0.2, 0) is 17.9 Å². The minimum atomic E-state index is -0.0246. The zero-order valence-electron chi connectivity index (χ0n) is 14.8. The van der Waals surface area contributed by atoms with Gasteiger partial charge >= 0.3 is 0 Å². The number of fused-ring (bicyclic) bond motifs is 1. The van der Waals surface area contributed by atoms with Crippen LogP contribution in [0.25, 0.3) is 21.5 Å². The molecule has 136 valence electrons. The topological polar surface area (TPSA) is 46.9 Å². The van der Waals surface area contributed by atoms with Crippen LogP contribution >= 0.6 is 22.9 Å². The van der Waals surface area contributed by atoms with Gasteiger partial charge in [-0.15, -0.1) is 11.3 Å². The molecule has 0 saturated carbocycles. The van der Waals surface area contributed by atoms with Crippen LogP contribution in [0.4, 0.5) is 0 Å². The Morgan fingerprint density at radius 3 is 2.78 bits per heavy atom. The minimum absolute atomic E-state index is 0.0246. The Hall–Kier alpha value is -2.63. The average molecular weight is 396 g/mol. The van der Waals surface area contributed by atoms with Crippen molar-refractivity contribution >= 4 is 39.7 Å². The number of hydrogen-bond donors (Lipinski definition) is 1. The van der Waals surface area contributed by atoms with Crippen molar-refractivity contribution in [1.29, 1.82) is 0 Å². The number of nitrogens with zero attached hydrogens (tertiary/aromatic N) is 2. The van der Waals surface area contributed by atoms with E-state index in [2.05, 4.69) is 10.3 Å². The van der Waals surface area contributed by atoms with Crippen molar-refractivity contribution in [3.8, 4) is 10.6 Å². The summed E-state index contributed by atoms with van der Waals surface area (Å²) in [6, 6.07) is 17.7. The van der Waals surface area contributed by atoms with Gasteiger partial charge in [-0.3, -0.25) is 4.79 Å². The monoisotopic (exact) mass is 395 g/mol. The third-order valence-corrected chi connectivity index (χ3v) is 5.96. The number of nitrogens with one attached hydrogen (secondary N) is 1. The van der Waals surface area contributed by atoms with Gasteiger partial charge in [0.05, 0.1) is 17.3 Å². The molecule has 4 rings (SSSR count). The van der Waals surface area contributed by atoms with Crippen LogP contribution in [0.5, 0.6) is 0 Å². The number of rotatable bonds is 5. The summed E-state index contributed by atoms with van der Waals surface area (Å²) >= 11 is 7.83. The third kappa shape index (κ3) is 3.75. The maximum absolute atomic E-state index is 12.4. The summed E-state index contributed by atoms with van der Waals surface area (Å²) in [4.78, 5) is 18.1. The summed E-state index contributed by atoms with van der Waals surface area (Å²) in [5.74, 6) is -0.0246. The van der Waals surface area contributed by atoms with E-state index in [0.717, 1.165) is 32.0 Å². The minimum Gasteiger partial charge on any atom is -0.350 e. The molecule has 0 fully saturated rings. The normalized spacial score (nSPS) is 11.0. The molecule has 0 radical (unpaired) electrons. The Kier molecular flexibility index (Phi) is 4.97. The second-order valence-electron chi connectivity index (χ2n) is 6.29. The number of carbonyl (C=O) groups is 1. The van der Waals surface area contributed by atoms with Gasteiger partial charge in [-0.25, -0.2) is 4.98 Å². The summed E-state index contributed by atoms with van der Waals surface area (Å²) in [7, 11) is 0. The molecule has 0 atom stereocenters. The highest BCUT2D eigenvalue weighted by molar-refractivity contribution is 7.15. The van der Waals surface area contributed by atoms with E-state index in [1.165, 1.54) is 0 Å². The molecule has 0 saturated heterocycles. The summed E-state index contributed by atoms with van der Waals surface area (Å²) in [5.41, 5.74) is 2.90. The SMILES string of the molecule is Cc1nc(-c2ccccc2Cl)sc1CNC(=O)Cn1ccc2ccccc21. The Bertz CT molecular complexity index is 1120. The van der Waals surface area contributed by atoms with Gasteiger partial charge in [0.25, 0.3) is 0 Å². The van der Waals surface area contributed by atoms with Crippen molar-refractivity contribution in [3.63, 3.8) is 0 Å². The molecule has 1 amide bonds. The highest BCUT2D eigenvalue weighted by Crippen LogP contribution is 2.32. The zero-order chi connectivity index (χ0) is 18.8. The predicted octanol–water partition coefficient (Wildman–Crippen LogP) is 5.04. The second-order valence-corrected chi connectivity index (χ2v) is 7.78. The van der Waals surface area contributed by atoms with E-state index in [4.69, 9.17) is 11.6 Å². The van der Waals surface area contributed by atoms with Gasteiger partial charge in [0.1, 0.15) is 11.6 Å². The van der Waals surface area contributed by atoms with Crippen molar-refractivity contribution in [2.75, 3.05) is 0 Å². The molecule has 2 aromatic carbocycles. The van der Waals surface area contributed by atoms with Gasteiger partial charge in [0.2, 0.25) is 5.91 Å². The number of hydrogen-bond acceptors (Lipinski definition) is 3. The average Bonchev–Trinajstić information content (AvgIpc) is 3.24. The Labute approximate surface area is 166 Å². The fraction of sp³-hybridized carbons (Fsp3) is 0.143. The van der Waals surface area contributed by atoms with E-state index < -0.39 is 0 Å². The second kappa shape index (κ2) is 7.55. The van der Waals surface area contributed by atoms with Gasteiger partial charge in [-0.2, -0.15) is 0 Å². The van der Waals surface area contributed by atoms with Crippen LogP contribution in [0.3, 0.4) is 0 Å².